The Labute approximate surface area is 177 Å². The summed E-state index contributed by atoms with van der Waals surface area (Å²) < 4.78 is 79.5. The molecular weight excluding hydrogens is 463 g/mol. The standard InChI is InChI=1S/C17H17F4N4O6P/c1-3-30-32(29,31-4-2)24-16(17(19,20)21)11-12(22-14(16)27)25(15(28)23-13(11)26)10-7-5-9(18)6-8-10/h5-8H,3-4H2,1-2H3,(H,22,27)(H,24,29)(H,23,26,28)/t16-/m1/s1. The molecule has 3 N–H and O–H groups in total. The highest BCUT2D eigenvalue weighted by molar-refractivity contribution is 7.51. The molecule has 10 nitrogen and oxygen atoms in total. The molecular formula is C17H17F4N4O6P. The van der Waals surface area contributed by atoms with E-state index in [0.717, 1.165) is 24.3 Å². The van der Waals surface area contributed by atoms with Crippen LogP contribution < -0.4 is 21.7 Å². The average molecular weight is 480 g/mol. The average Bonchev–Trinajstić information content (AvgIpc) is 2.96. The predicted octanol–water partition coefficient (Wildman–Crippen LogP) is 2.15. The smallest absolute Gasteiger partial charge is 0.309 e. The largest absolute Gasteiger partial charge is 0.420 e. The number of benzene rings is 1. The lowest BCUT2D eigenvalue weighted by Gasteiger charge is -2.32. The third kappa shape index (κ3) is 3.79. The number of rotatable bonds is 7. The van der Waals surface area contributed by atoms with E-state index in [4.69, 9.17) is 9.05 Å². The number of halogens is 4. The van der Waals surface area contributed by atoms with Crippen LogP contribution in [0.25, 0.3) is 5.69 Å². The van der Waals surface area contributed by atoms with E-state index < -0.39 is 53.8 Å². The number of nitrogens with one attached hydrogen (secondary N) is 3. The number of anilines is 1. The number of carbonyl (C=O) groups is 1. The minimum atomic E-state index is -5.54. The minimum Gasteiger partial charge on any atom is -0.309 e. The molecule has 0 unspecified atom stereocenters. The van der Waals surface area contributed by atoms with Crippen molar-refractivity contribution < 1.29 is 36.0 Å². The number of aromatic amines is 1. The minimum absolute atomic E-state index is 0.153. The molecule has 1 amide bonds. The van der Waals surface area contributed by atoms with Gasteiger partial charge in [0.2, 0.25) is 5.54 Å². The molecule has 0 saturated heterocycles. The summed E-state index contributed by atoms with van der Waals surface area (Å²) in [7, 11) is -4.77. The van der Waals surface area contributed by atoms with Crippen LogP contribution in [0.2, 0.25) is 0 Å². The molecule has 3 rings (SSSR count). The lowest BCUT2D eigenvalue weighted by atomic mass is 9.93. The summed E-state index contributed by atoms with van der Waals surface area (Å²) in [6.45, 7) is 1.96. The van der Waals surface area contributed by atoms with Gasteiger partial charge in [0.1, 0.15) is 11.6 Å². The second-order valence-electron chi connectivity index (χ2n) is 6.44. The zero-order valence-corrected chi connectivity index (χ0v) is 17.5. The summed E-state index contributed by atoms with van der Waals surface area (Å²) >= 11 is 0. The molecule has 15 heteroatoms. The quantitative estimate of drug-likeness (QED) is 0.409. The van der Waals surface area contributed by atoms with Gasteiger partial charge in [0.15, 0.2) is 0 Å². The molecule has 1 aromatic heterocycles. The number of hydrogen-bond donors (Lipinski definition) is 3. The number of alkyl halides is 3. The number of amides is 1. The second-order valence-corrected chi connectivity index (χ2v) is 8.18. The molecule has 1 aliphatic heterocycles. The molecule has 174 valence electrons. The van der Waals surface area contributed by atoms with Gasteiger partial charge < -0.3 is 5.32 Å². The third-order valence-electron chi connectivity index (χ3n) is 4.47. The van der Waals surface area contributed by atoms with Gasteiger partial charge in [-0.3, -0.25) is 23.6 Å². The van der Waals surface area contributed by atoms with Gasteiger partial charge in [0, 0.05) is 0 Å². The van der Waals surface area contributed by atoms with Gasteiger partial charge >= 0.3 is 19.6 Å². The first kappa shape index (κ1) is 23.9. The van der Waals surface area contributed by atoms with Gasteiger partial charge in [-0.1, -0.05) is 0 Å². The summed E-state index contributed by atoms with van der Waals surface area (Å²) in [6.07, 6.45) is -5.54. The van der Waals surface area contributed by atoms with E-state index in [1.165, 1.54) is 13.8 Å². The van der Waals surface area contributed by atoms with Crippen molar-refractivity contribution in [3.05, 3.63) is 56.5 Å². The van der Waals surface area contributed by atoms with Gasteiger partial charge in [-0.2, -0.15) is 18.3 Å². The van der Waals surface area contributed by atoms with Crippen LogP contribution in [0.15, 0.2) is 33.9 Å². The highest BCUT2D eigenvalue weighted by Crippen LogP contribution is 2.54. The number of carbonyl (C=O) groups excluding carboxylic acids is 1. The maximum atomic E-state index is 14.4. The first-order valence-corrected chi connectivity index (χ1v) is 10.7. The Hall–Kier alpha value is -2.80. The summed E-state index contributed by atoms with van der Waals surface area (Å²) in [5.74, 6) is -3.38. The normalized spacial score (nSPS) is 18.5. The van der Waals surface area contributed by atoms with Crippen molar-refractivity contribution in [3.63, 3.8) is 0 Å². The van der Waals surface area contributed by atoms with Gasteiger partial charge in [-0.25, -0.2) is 18.3 Å². The first-order valence-electron chi connectivity index (χ1n) is 9.12. The maximum absolute atomic E-state index is 14.4. The summed E-state index contributed by atoms with van der Waals surface area (Å²) in [4.78, 5) is 39.4. The van der Waals surface area contributed by atoms with Crippen LogP contribution in [-0.2, 0) is 23.9 Å². The van der Waals surface area contributed by atoms with E-state index in [1.54, 1.807) is 10.1 Å². The van der Waals surface area contributed by atoms with Crippen LogP contribution in [-0.4, -0.2) is 34.8 Å². The van der Waals surface area contributed by atoms with Crippen molar-refractivity contribution in [3.8, 4) is 5.69 Å². The molecule has 2 aromatic rings. The van der Waals surface area contributed by atoms with Crippen molar-refractivity contribution >= 4 is 19.5 Å². The monoisotopic (exact) mass is 480 g/mol. The van der Waals surface area contributed by atoms with Crippen LogP contribution in [0.5, 0.6) is 0 Å². The van der Waals surface area contributed by atoms with E-state index in [9.17, 15) is 36.5 Å². The Morgan fingerprint density at radius 3 is 2.16 bits per heavy atom. The fourth-order valence-corrected chi connectivity index (χ4v) is 4.88. The second kappa shape index (κ2) is 8.28. The number of nitrogens with zero attached hydrogens (tertiary/aromatic N) is 1. The van der Waals surface area contributed by atoms with Crippen LogP contribution in [0.3, 0.4) is 0 Å². The third-order valence-corrected chi connectivity index (χ3v) is 6.28. The fourth-order valence-electron chi connectivity index (χ4n) is 3.24. The number of H-pyrrole nitrogens is 1. The molecule has 1 atom stereocenters. The Bertz CT molecular complexity index is 1200. The first-order chi connectivity index (χ1) is 14.9. The number of aromatic nitrogens is 2. The van der Waals surface area contributed by atoms with Crippen LogP contribution in [0.1, 0.15) is 19.4 Å². The Morgan fingerprint density at radius 2 is 1.66 bits per heavy atom. The Balaban J connectivity index is 2.36. The van der Waals surface area contributed by atoms with E-state index in [0.29, 0.717) is 4.57 Å². The van der Waals surface area contributed by atoms with Gasteiger partial charge in [-0.05, 0) is 38.1 Å². The van der Waals surface area contributed by atoms with Crippen molar-refractivity contribution in [2.24, 2.45) is 0 Å². The highest BCUT2D eigenvalue weighted by Gasteiger charge is 2.70. The molecule has 0 fully saturated rings. The maximum Gasteiger partial charge on any atom is 0.420 e. The van der Waals surface area contributed by atoms with Crippen molar-refractivity contribution in [1.29, 1.82) is 0 Å². The van der Waals surface area contributed by atoms with Gasteiger partial charge in [-0.15, -0.1) is 0 Å². The van der Waals surface area contributed by atoms with E-state index >= 15 is 0 Å². The lowest BCUT2D eigenvalue weighted by Crippen LogP contribution is -2.59. The van der Waals surface area contributed by atoms with Gasteiger partial charge in [0.25, 0.3) is 11.5 Å². The number of fused-ring (bicyclic) bond motifs is 1. The van der Waals surface area contributed by atoms with E-state index in [1.807, 2.05) is 5.32 Å². The van der Waals surface area contributed by atoms with Crippen LogP contribution in [0, 0.1) is 5.82 Å². The van der Waals surface area contributed by atoms with Crippen molar-refractivity contribution in [1.82, 2.24) is 14.6 Å². The molecule has 0 spiro atoms. The van der Waals surface area contributed by atoms with Gasteiger partial charge in [0.05, 0.1) is 24.5 Å². The van der Waals surface area contributed by atoms with Crippen molar-refractivity contribution in [2.45, 2.75) is 25.6 Å². The molecule has 0 saturated carbocycles. The van der Waals surface area contributed by atoms with E-state index in [2.05, 4.69) is 0 Å². The summed E-state index contributed by atoms with van der Waals surface area (Å²) in [5, 5.41) is 3.44. The lowest BCUT2D eigenvalue weighted by molar-refractivity contribution is -0.195. The van der Waals surface area contributed by atoms with Crippen molar-refractivity contribution in [2.75, 3.05) is 18.5 Å². The topological polar surface area (TPSA) is 132 Å². The molecule has 2 heterocycles. The molecule has 0 aliphatic carbocycles. The Kier molecular flexibility index (Phi) is 6.17. The molecule has 0 bridgehead atoms. The van der Waals surface area contributed by atoms with Crippen LogP contribution in [0.4, 0.5) is 23.4 Å². The molecule has 1 aromatic carbocycles. The summed E-state index contributed by atoms with van der Waals surface area (Å²) in [6, 6.07) is 3.94. The van der Waals surface area contributed by atoms with E-state index in [-0.39, 0.29) is 18.9 Å². The Morgan fingerprint density at radius 1 is 1.09 bits per heavy atom. The number of hydrogen-bond acceptors (Lipinski definition) is 6. The van der Waals surface area contributed by atoms with Crippen LogP contribution >= 0.6 is 7.75 Å². The fraction of sp³-hybridized carbons (Fsp3) is 0.353. The SMILES string of the molecule is CCOP(=O)(N[C@@]1(C(F)(F)F)C(=O)Nc2c1c(=O)[nH]c(=O)n2-c1ccc(F)cc1)OCC. The predicted molar refractivity (Wildman–Crippen MR) is 103 cm³/mol. The zero-order chi connectivity index (χ0) is 23.9. The molecule has 32 heavy (non-hydrogen) atoms. The molecule has 0 radical (unpaired) electrons. The summed E-state index contributed by atoms with van der Waals surface area (Å²) in [5.41, 5.74) is -8.08. The zero-order valence-electron chi connectivity index (χ0n) is 16.6. The molecule has 1 aliphatic rings. The highest BCUT2D eigenvalue weighted by atomic mass is 31.2.